The molecular weight excluding hydrogens is 397 g/mol. The van der Waals surface area contributed by atoms with E-state index in [1.54, 1.807) is 36.4 Å². The Balaban J connectivity index is 2.00. The number of nitrogens with one attached hydrogen (secondary N) is 2. The summed E-state index contributed by atoms with van der Waals surface area (Å²) in [5.41, 5.74) is 1.13. The monoisotopic (exact) mass is 415 g/mol. The van der Waals surface area contributed by atoms with Gasteiger partial charge in [-0.3, -0.25) is 4.79 Å². The van der Waals surface area contributed by atoms with Gasteiger partial charge in [0.25, 0.3) is 0 Å². The first-order valence-electron chi connectivity index (χ1n) is 7.67. The van der Waals surface area contributed by atoms with E-state index >= 15 is 0 Å². The van der Waals surface area contributed by atoms with E-state index in [9.17, 15) is 13.2 Å². The molecule has 1 amide bonds. The fraction of sp³-hybridized carbons (Fsp3) is 0.235. The van der Waals surface area contributed by atoms with Crippen molar-refractivity contribution in [2.24, 2.45) is 0 Å². The molecule has 140 valence electrons. The van der Waals surface area contributed by atoms with Gasteiger partial charge in [0.2, 0.25) is 15.9 Å². The van der Waals surface area contributed by atoms with Crippen LogP contribution in [0.25, 0.3) is 0 Å². The number of amides is 1. The van der Waals surface area contributed by atoms with Gasteiger partial charge in [-0.2, -0.15) is 0 Å². The largest absolute Gasteiger partial charge is 0.376 e. The van der Waals surface area contributed by atoms with Crippen LogP contribution in [-0.2, 0) is 21.4 Å². The molecule has 2 aromatic rings. The van der Waals surface area contributed by atoms with Crippen molar-refractivity contribution in [3.63, 3.8) is 0 Å². The fourth-order valence-corrected chi connectivity index (χ4v) is 3.83. The number of hydrogen-bond donors (Lipinski definition) is 2. The summed E-state index contributed by atoms with van der Waals surface area (Å²) in [7, 11) is -0.657. The molecule has 0 saturated heterocycles. The molecule has 26 heavy (non-hydrogen) atoms. The first-order chi connectivity index (χ1) is 12.2. The lowest BCUT2D eigenvalue weighted by Gasteiger charge is -2.15. The second kappa shape index (κ2) is 8.73. The minimum Gasteiger partial charge on any atom is -0.376 e. The summed E-state index contributed by atoms with van der Waals surface area (Å²) in [6, 6.07) is 11.5. The predicted molar refractivity (Wildman–Crippen MR) is 104 cm³/mol. The molecule has 0 radical (unpaired) electrons. The lowest BCUT2D eigenvalue weighted by molar-refractivity contribution is -0.119. The molecule has 2 rings (SSSR count). The minimum atomic E-state index is -3.58. The fourth-order valence-electron chi connectivity index (χ4n) is 2.19. The van der Waals surface area contributed by atoms with Crippen LogP contribution >= 0.6 is 23.2 Å². The maximum atomic E-state index is 12.3. The van der Waals surface area contributed by atoms with Crippen LogP contribution < -0.4 is 10.6 Å². The van der Waals surface area contributed by atoms with E-state index in [0.29, 0.717) is 21.3 Å². The van der Waals surface area contributed by atoms with Crippen LogP contribution in [0.15, 0.2) is 47.4 Å². The highest BCUT2D eigenvalue weighted by molar-refractivity contribution is 7.89. The molecule has 0 aliphatic carbocycles. The van der Waals surface area contributed by atoms with Crippen molar-refractivity contribution in [2.45, 2.75) is 11.4 Å². The van der Waals surface area contributed by atoms with Gasteiger partial charge in [0.05, 0.1) is 11.4 Å². The van der Waals surface area contributed by atoms with Gasteiger partial charge >= 0.3 is 0 Å². The number of halogens is 2. The number of rotatable bonds is 7. The molecule has 2 aromatic carbocycles. The Morgan fingerprint density at radius 3 is 2.31 bits per heavy atom. The quantitative estimate of drug-likeness (QED) is 0.728. The molecule has 0 heterocycles. The molecule has 0 aromatic heterocycles. The summed E-state index contributed by atoms with van der Waals surface area (Å²) in [5, 5.41) is 6.54. The lowest BCUT2D eigenvalue weighted by Crippen LogP contribution is -2.30. The molecule has 0 bridgehead atoms. The summed E-state index contributed by atoms with van der Waals surface area (Å²) < 4.78 is 25.8. The van der Waals surface area contributed by atoms with Crippen LogP contribution in [0.2, 0.25) is 10.0 Å². The zero-order valence-electron chi connectivity index (χ0n) is 14.3. The van der Waals surface area contributed by atoms with E-state index < -0.39 is 10.0 Å². The van der Waals surface area contributed by atoms with E-state index in [1.165, 1.54) is 20.2 Å². The average Bonchev–Trinajstić information content (AvgIpc) is 2.57. The molecule has 0 spiro atoms. The zero-order valence-corrected chi connectivity index (χ0v) is 16.6. The topological polar surface area (TPSA) is 78.5 Å². The third kappa shape index (κ3) is 5.35. The molecule has 0 aliphatic heterocycles. The first kappa shape index (κ1) is 20.5. The minimum absolute atomic E-state index is 0.000726. The van der Waals surface area contributed by atoms with Crippen molar-refractivity contribution in [1.82, 2.24) is 9.62 Å². The highest BCUT2D eigenvalue weighted by Crippen LogP contribution is 2.22. The molecule has 0 saturated carbocycles. The summed E-state index contributed by atoms with van der Waals surface area (Å²) >= 11 is 11.8. The van der Waals surface area contributed by atoms with Crippen molar-refractivity contribution >= 4 is 44.8 Å². The van der Waals surface area contributed by atoms with Crippen LogP contribution in [0, 0.1) is 0 Å². The van der Waals surface area contributed by atoms with Gasteiger partial charge in [0.1, 0.15) is 0 Å². The van der Waals surface area contributed by atoms with Gasteiger partial charge in [-0.15, -0.1) is 0 Å². The van der Waals surface area contributed by atoms with Crippen LogP contribution in [0.3, 0.4) is 0 Å². The van der Waals surface area contributed by atoms with Crippen LogP contribution in [0.1, 0.15) is 5.56 Å². The van der Waals surface area contributed by atoms with Crippen molar-refractivity contribution in [2.75, 3.05) is 26.0 Å². The van der Waals surface area contributed by atoms with E-state index in [4.69, 9.17) is 23.2 Å². The molecule has 0 aliphatic rings. The Morgan fingerprint density at radius 1 is 1.08 bits per heavy atom. The van der Waals surface area contributed by atoms with Gasteiger partial charge in [-0.1, -0.05) is 41.4 Å². The van der Waals surface area contributed by atoms with Gasteiger partial charge in [0, 0.05) is 36.4 Å². The van der Waals surface area contributed by atoms with Gasteiger partial charge in [-0.25, -0.2) is 12.7 Å². The second-order valence-corrected chi connectivity index (χ2v) is 8.68. The molecule has 6 nitrogen and oxygen atoms in total. The summed E-state index contributed by atoms with van der Waals surface area (Å²) in [4.78, 5) is 12.2. The number of sulfonamides is 1. The van der Waals surface area contributed by atoms with Gasteiger partial charge in [-0.05, 0) is 29.8 Å². The number of benzene rings is 2. The number of carbonyl (C=O) groups excluding carboxylic acids is 1. The SMILES string of the molecule is CN(C)S(=O)(=O)c1ccccc1CNC(=O)CNc1cc(Cl)cc(Cl)c1. The van der Waals surface area contributed by atoms with Crippen molar-refractivity contribution in [3.8, 4) is 0 Å². The third-order valence-corrected chi connectivity index (χ3v) is 5.87. The van der Waals surface area contributed by atoms with E-state index in [-0.39, 0.29) is 23.9 Å². The Kier molecular flexibility index (Phi) is 6.88. The van der Waals surface area contributed by atoms with Gasteiger partial charge in [0.15, 0.2) is 0 Å². The number of carbonyl (C=O) groups is 1. The van der Waals surface area contributed by atoms with Crippen molar-refractivity contribution < 1.29 is 13.2 Å². The van der Waals surface area contributed by atoms with Crippen molar-refractivity contribution in [1.29, 1.82) is 0 Å². The Labute approximate surface area is 163 Å². The Bertz CT molecular complexity index is 882. The zero-order chi connectivity index (χ0) is 19.3. The van der Waals surface area contributed by atoms with Gasteiger partial charge < -0.3 is 10.6 Å². The highest BCUT2D eigenvalue weighted by atomic mass is 35.5. The summed E-state index contributed by atoms with van der Waals surface area (Å²) in [6.07, 6.45) is 0. The highest BCUT2D eigenvalue weighted by Gasteiger charge is 2.20. The van der Waals surface area contributed by atoms with Crippen molar-refractivity contribution in [3.05, 3.63) is 58.1 Å². The molecule has 0 unspecified atom stereocenters. The van der Waals surface area contributed by atoms with E-state index in [1.807, 2.05) is 0 Å². The maximum absolute atomic E-state index is 12.3. The average molecular weight is 416 g/mol. The van der Waals surface area contributed by atoms with Crippen LogP contribution in [0.4, 0.5) is 5.69 Å². The molecule has 2 N–H and O–H groups in total. The standard InChI is InChI=1S/C17H19Cl2N3O3S/c1-22(2)26(24,25)16-6-4-3-5-12(16)10-21-17(23)11-20-15-8-13(18)7-14(19)9-15/h3-9,20H,10-11H2,1-2H3,(H,21,23). The Morgan fingerprint density at radius 2 is 1.69 bits per heavy atom. The third-order valence-electron chi connectivity index (χ3n) is 3.52. The summed E-state index contributed by atoms with van der Waals surface area (Å²) in [6.45, 7) is 0.0966. The molecule has 9 heteroatoms. The number of anilines is 1. The van der Waals surface area contributed by atoms with Crippen LogP contribution in [0.5, 0.6) is 0 Å². The lowest BCUT2D eigenvalue weighted by atomic mass is 10.2. The van der Waals surface area contributed by atoms with E-state index in [0.717, 1.165) is 4.31 Å². The van der Waals surface area contributed by atoms with Crippen LogP contribution in [-0.4, -0.2) is 39.3 Å². The Hall–Kier alpha value is -1.80. The predicted octanol–water partition coefficient (Wildman–Crippen LogP) is 2.97. The smallest absolute Gasteiger partial charge is 0.242 e. The number of nitrogens with zero attached hydrogens (tertiary/aromatic N) is 1. The first-order valence-corrected chi connectivity index (χ1v) is 9.87. The molecule has 0 fully saturated rings. The molecular formula is C17H19Cl2N3O3S. The second-order valence-electron chi connectivity index (χ2n) is 5.68. The maximum Gasteiger partial charge on any atom is 0.242 e. The molecule has 0 atom stereocenters. The summed E-state index contributed by atoms with van der Waals surface area (Å²) in [5.74, 6) is -0.293. The number of hydrogen-bond acceptors (Lipinski definition) is 4. The normalized spacial score (nSPS) is 11.4. The van der Waals surface area contributed by atoms with E-state index in [2.05, 4.69) is 10.6 Å².